The molecule has 2 rings (SSSR count). The molecule has 1 saturated heterocycles. The minimum Gasteiger partial charge on any atom is -0.462 e. The van der Waals surface area contributed by atoms with Crippen molar-refractivity contribution < 1.29 is 71.4 Å². The van der Waals surface area contributed by atoms with Crippen LogP contribution in [0.3, 0.4) is 0 Å². The highest BCUT2D eigenvalue weighted by Gasteiger charge is 2.46. The van der Waals surface area contributed by atoms with Crippen LogP contribution in [0.1, 0.15) is 142 Å². The lowest BCUT2D eigenvalue weighted by Gasteiger charge is -2.21. The van der Waals surface area contributed by atoms with Crippen molar-refractivity contribution in [2.24, 2.45) is 0 Å². The van der Waals surface area contributed by atoms with E-state index in [2.05, 4.69) is 71.8 Å². The summed E-state index contributed by atoms with van der Waals surface area (Å²) in [7, 11) is -10.9. The Hall–Kier alpha value is -3.84. The molecule has 0 spiro atoms. The number of nitrogen functional groups attached to an aromatic ring is 1. The number of ether oxygens (including phenoxy) is 3. The maximum atomic E-state index is 12.8. The largest absolute Gasteiger partial charge is 0.481 e. The summed E-state index contributed by atoms with van der Waals surface area (Å²) >= 11 is 0. The third-order valence-electron chi connectivity index (χ3n) is 10.4. The quantitative estimate of drug-likeness (QED) is 0.0119. The van der Waals surface area contributed by atoms with Gasteiger partial charge in [0.2, 0.25) is 0 Å². The van der Waals surface area contributed by atoms with E-state index in [0.29, 0.717) is 25.7 Å². The first-order valence-corrected chi connectivity index (χ1v) is 27.0. The number of unbranched alkanes of at least 4 members (excludes halogenated alkanes) is 9. The molecule has 2 heterocycles. The molecule has 1 aromatic rings. The number of aromatic nitrogens is 2. The second kappa shape index (κ2) is 36.1. The summed E-state index contributed by atoms with van der Waals surface area (Å²) < 4.78 is 56.6. The highest BCUT2D eigenvalue weighted by Crippen LogP contribution is 2.60. The number of rotatable bonds is 38. The number of allylic oxidation sites excluding steroid dienone is 11. The van der Waals surface area contributed by atoms with E-state index < -0.39 is 89.8 Å². The first kappa shape index (κ1) is 61.3. The van der Waals surface area contributed by atoms with E-state index in [-0.39, 0.29) is 18.7 Å². The smallest absolute Gasteiger partial charge is 0.462 e. The zero-order valence-corrected chi connectivity index (χ0v) is 42.0. The van der Waals surface area contributed by atoms with Gasteiger partial charge in [-0.2, -0.15) is 9.29 Å². The monoisotopic (exact) mass is 1010 g/mol. The van der Waals surface area contributed by atoms with Gasteiger partial charge in [-0.05, 0) is 70.3 Å². The van der Waals surface area contributed by atoms with Crippen LogP contribution in [0.5, 0.6) is 0 Å². The van der Waals surface area contributed by atoms with Crippen LogP contribution in [0.25, 0.3) is 0 Å². The summed E-state index contributed by atoms with van der Waals surface area (Å²) in [5.74, 6) is -1.41. The normalized spacial score (nSPS) is 20.4. The van der Waals surface area contributed by atoms with Crippen LogP contribution in [0, 0.1) is 0 Å². The van der Waals surface area contributed by atoms with Crippen LogP contribution in [-0.4, -0.2) is 96.9 Å². The van der Waals surface area contributed by atoms with Gasteiger partial charge in [-0.15, -0.1) is 0 Å². The molecule has 0 saturated carbocycles. The number of nitrogens with two attached hydrogens (primary N) is 1. The topological polar surface area (TPSA) is 286 Å². The van der Waals surface area contributed by atoms with Crippen molar-refractivity contribution in [1.29, 1.82) is 0 Å². The fourth-order valence-electron chi connectivity index (χ4n) is 6.69. The lowest BCUT2D eigenvalue weighted by atomic mass is 10.1. The maximum Gasteiger partial charge on any atom is 0.481 e. The molecule has 69 heavy (non-hydrogen) atoms. The van der Waals surface area contributed by atoms with Crippen molar-refractivity contribution in [3.8, 4) is 0 Å². The second-order valence-electron chi connectivity index (χ2n) is 16.4. The molecule has 0 amide bonds. The average Bonchev–Trinajstić information content (AvgIpc) is 3.58. The molecule has 7 N–H and O–H groups in total. The van der Waals surface area contributed by atoms with Crippen molar-refractivity contribution in [2.45, 2.75) is 173 Å². The van der Waals surface area contributed by atoms with E-state index in [9.17, 15) is 48.6 Å². The highest BCUT2D eigenvalue weighted by atomic mass is 31.3. The summed E-state index contributed by atoms with van der Waals surface area (Å²) in [4.78, 5) is 61.8. The minimum atomic E-state index is -5.45. The van der Waals surface area contributed by atoms with Crippen molar-refractivity contribution in [3.63, 3.8) is 0 Å². The molecule has 1 aliphatic heterocycles. The number of aliphatic hydroxyl groups is 3. The van der Waals surface area contributed by atoms with Crippen molar-refractivity contribution in [3.05, 3.63) is 95.7 Å². The van der Waals surface area contributed by atoms with Crippen LogP contribution in [0.4, 0.5) is 5.82 Å². The molecule has 390 valence electrons. The Morgan fingerprint density at radius 2 is 1.35 bits per heavy atom. The van der Waals surface area contributed by atoms with Gasteiger partial charge in [0, 0.05) is 19.0 Å². The van der Waals surface area contributed by atoms with Crippen LogP contribution >= 0.6 is 15.6 Å². The number of hydrogen-bond donors (Lipinski definition) is 6. The van der Waals surface area contributed by atoms with Gasteiger partial charge < -0.3 is 45.1 Å². The Morgan fingerprint density at radius 1 is 0.768 bits per heavy atom. The highest BCUT2D eigenvalue weighted by molar-refractivity contribution is 7.61. The number of phosphoric ester groups is 2. The molecule has 1 aromatic heterocycles. The fraction of sp³-hybridized carbons (Fsp3) is 0.625. The van der Waals surface area contributed by atoms with Crippen LogP contribution in [0.15, 0.2) is 90.0 Å². The van der Waals surface area contributed by atoms with Crippen molar-refractivity contribution in [2.75, 3.05) is 25.6 Å². The van der Waals surface area contributed by atoms with Crippen molar-refractivity contribution >= 4 is 33.4 Å². The number of aliphatic hydroxyl groups excluding tert-OH is 3. The molecule has 0 bridgehead atoms. The van der Waals surface area contributed by atoms with Crippen LogP contribution < -0.4 is 11.4 Å². The first-order chi connectivity index (χ1) is 33.1. The molecule has 8 atom stereocenters. The van der Waals surface area contributed by atoms with Gasteiger partial charge in [0.15, 0.2) is 12.3 Å². The number of hydrogen-bond acceptors (Lipinski definition) is 16. The summed E-state index contributed by atoms with van der Waals surface area (Å²) in [6, 6.07) is 1.24. The number of nitrogens with zero attached hydrogens (tertiary/aromatic N) is 2. The summed E-state index contributed by atoms with van der Waals surface area (Å²) in [5, 5.41) is 31.1. The minimum absolute atomic E-state index is 0.0273. The average molecular weight is 1010 g/mol. The summed E-state index contributed by atoms with van der Waals surface area (Å²) in [6.07, 6.45) is 31.5. The third kappa shape index (κ3) is 29.2. The Kier molecular flexibility index (Phi) is 32.1. The molecule has 3 unspecified atom stereocenters. The Balaban J connectivity index is 1.85. The van der Waals surface area contributed by atoms with Gasteiger partial charge in [0.05, 0.1) is 19.3 Å². The Bertz CT molecular complexity index is 1950. The second-order valence-corrected chi connectivity index (χ2v) is 19.4. The van der Waals surface area contributed by atoms with Gasteiger partial charge in [-0.25, -0.2) is 13.9 Å². The molecule has 19 nitrogen and oxygen atoms in total. The van der Waals surface area contributed by atoms with Gasteiger partial charge >= 0.3 is 33.3 Å². The van der Waals surface area contributed by atoms with E-state index in [1.54, 1.807) is 6.08 Å². The number of carbonyl (C=O) groups excluding carboxylic acids is 2. The molecule has 0 aliphatic carbocycles. The molecular formula is C48H77N3O16P2. The lowest BCUT2D eigenvalue weighted by molar-refractivity contribution is -0.161. The third-order valence-corrected chi connectivity index (χ3v) is 13.0. The molecular weight excluding hydrogens is 936 g/mol. The SMILES string of the molecule is CC/C=C\C/C=C\C/C=C\CCCCCCCC(=O)OC[C@H](COP(=O)(O)OP(=O)(O)OC[C@H]1O[C@@H](n2ccc(N)nc2=O)[C@H](O)[C@@H]1O)OC(=O)CCCCCCCC(O)/C=C/C=C/C/C=C/CC. The summed E-state index contributed by atoms with van der Waals surface area (Å²) in [6.45, 7) is 1.78. The van der Waals surface area contributed by atoms with E-state index >= 15 is 0 Å². The van der Waals surface area contributed by atoms with Gasteiger partial charge in [0.1, 0.15) is 30.7 Å². The van der Waals surface area contributed by atoms with E-state index in [4.69, 9.17) is 29.0 Å². The molecule has 21 heteroatoms. The molecule has 0 radical (unpaired) electrons. The number of phosphoric acid groups is 2. The number of carbonyl (C=O) groups is 2. The number of esters is 2. The number of anilines is 1. The van der Waals surface area contributed by atoms with Gasteiger partial charge in [0.25, 0.3) is 0 Å². The maximum absolute atomic E-state index is 12.8. The molecule has 1 aliphatic rings. The molecule has 0 aromatic carbocycles. The zero-order valence-electron chi connectivity index (χ0n) is 40.2. The predicted molar refractivity (Wildman–Crippen MR) is 262 cm³/mol. The van der Waals surface area contributed by atoms with Gasteiger partial charge in [-0.1, -0.05) is 132 Å². The predicted octanol–water partition coefficient (Wildman–Crippen LogP) is 8.30. The van der Waals surface area contributed by atoms with E-state index in [0.717, 1.165) is 94.2 Å². The van der Waals surface area contributed by atoms with Crippen LogP contribution in [-0.2, 0) is 46.3 Å². The Morgan fingerprint density at radius 3 is 2.01 bits per heavy atom. The fourth-order valence-corrected chi connectivity index (χ4v) is 8.80. The Labute approximate surface area is 407 Å². The standard InChI is InChI=1S/C48H77N3O16P2/c1-3-5-7-9-11-12-13-14-15-16-17-18-20-24-28-32-43(53)62-36-40(65-44(54)33-29-25-21-23-27-31-39(52)30-26-22-19-10-8-6-4-2)37-63-68(58,59)67-69(60,61)64-38-41-45(55)46(56)47(66-41)51-35-34-42(49)50-48(51)57/h5-8,11-12,14-15,19,22,26,30,34-35,39-41,45-47,52,55-56H,3-4,9-10,13,16-18,20-21,23-25,27-29,31-33,36-38H2,1-2H3,(H,58,59)(H,60,61)(H2,49,50,57)/b7-5-,8-6+,12-11-,15-14-,22-19+,30-26+/t39?,40-,41-,45-,46-,47-/m1/s1. The van der Waals surface area contributed by atoms with E-state index in [1.807, 2.05) is 18.2 Å². The van der Waals surface area contributed by atoms with Gasteiger partial charge in [-0.3, -0.25) is 23.2 Å². The van der Waals surface area contributed by atoms with Crippen LogP contribution in [0.2, 0.25) is 0 Å². The van der Waals surface area contributed by atoms with Crippen molar-refractivity contribution in [1.82, 2.24) is 9.55 Å². The lowest BCUT2D eigenvalue weighted by Crippen LogP contribution is -2.36. The summed E-state index contributed by atoms with van der Waals surface area (Å²) in [5.41, 5.74) is 4.57. The zero-order chi connectivity index (χ0) is 50.8. The molecule has 1 fully saturated rings. The van der Waals surface area contributed by atoms with E-state index in [1.165, 1.54) is 6.07 Å². The first-order valence-electron chi connectivity index (χ1n) is 24.1.